The van der Waals surface area contributed by atoms with Crippen molar-refractivity contribution in [3.05, 3.63) is 89.7 Å². The molecule has 4 heteroatoms. The van der Waals surface area contributed by atoms with Crippen molar-refractivity contribution in [2.75, 3.05) is 14.2 Å². The Balaban J connectivity index is 1.77. The van der Waals surface area contributed by atoms with Crippen LogP contribution in [0.2, 0.25) is 0 Å². The number of rotatable bonds is 8. The summed E-state index contributed by atoms with van der Waals surface area (Å²) >= 11 is 0. The lowest BCUT2D eigenvalue weighted by molar-refractivity contribution is 0.414. The van der Waals surface area contributed by atoms with Crippen LogP contribution in [0.1, 0.15) is 22.7 Å². The van der Waals surface area contributed by atoms with E-state index in [1.807, 2.05) is 36.5 Å². The van der Waals surface area contributed by atoms with Crippen LogP contribution in [0.15, 0.2) is 73.1 Å². The summed E-state index contributed by atoms with van der Waals surface area (Å²) in [4.78, 5) is 4.19. The minimum atomic E-state index is 0.189. The van der Waals surface area contributed by atoms with E-state index in [4.69, 9.17) is 9.47 Å². The second-order valence-electron chi connectivity index (χ2n) is 6.12. The van der Waals surface area contributed by atoms with Crippen LogP contribution in [0.5, 0.6) is 11.5 Å². The van der Waals surface area contributed by atoms with Crippen LogP contribution in [0.3, 0.4) is 0 Å². The van der Waals surface area contributed by atoms with Gasteiger partial charge in [-0.3, -0.25) is 4.98 Å². The van der Waals surface area contributed by atoms with E-state index in [9.17, 15) is 0 Å². The molecule has 0 saturated heterocycles. The summed E-state index contributed by atoms with van der Waals surface area (Å²) in [5.41, 5.74) is 3.65. The third kappa shape index (κ3) is 4.83. The largest absolute Gasteiger partial charge is 0.497 e. The van der Waals surface area contributed by atoms with Gasteiger partial charge in [-0.05, 0) is 53.4 Å². The highest BCUT2D eigenvalue weighted by Gasteiger charge is 2.13. The highest BCUT2D eigenvalue weighted by molar-refractivity contribution is 5.32. The Labute approximate surface area is 154 Å². The maximum atomic E-state index is 5.28. The van der Waals surface area contributed by atoms with Gasteiger partial charge in [0, 0.05) is 25.0 Å². The predicted octanol–water partition coefficient (Wildman–Crippen LogP) is 4.17. The summed E-state index contributed by atoms with van der Waals surface area (Å²) in [6.45, 7) is 0.765. The first-order chi connectivity index (χ1) is 12.8. The fraction of sp³-hybridized carbons (Fsp3) is 0.227. The molecule has 134 valence electrons. The van der Waals surface area contributed by atoms with Gasteiger partial charge >= 0.3 is 0 Å². The van der Waals surface area contributed by atoms with Gasteiger partial charge in [0.05, 0.1) is 14.2 Å². The number of benzene rings is 2. The molecule has 2 aromatic carbocycles. The van der Waals surface area contributed by atoms with Gasteiger partial charge in [0.25, 0.3) is 0 Å². The third-order valence-corrected chi connectivity index (χ3v) is 4.39. The molecule has 1 atom stereocenters. The number of pyridine rings is 1. The second-order valence-corrected chi connectivity index (χ2v) is 6.12. The molecular formula is C22H24N2O2. The van der Waals surface area contributed by atoms with E-state index in [0.717, 1.165) is 24.5 Å². The summed E-state index contributed by atoms with van der Waals surface area (Å²) in [7, 11) is 3.37. The lowest BCUT2D eigenvalue weighted by atomic mass is 9.98. The number of nitrogens with zero attached hydrogens (tertiary/aromatic N) is 1. The van der Waals surface area contributed by atoms with E-state index in [2.05, 4.69) is 40.6 Å². The molecule has 1 N–H and O–H groups in total. The summed E-state index contributed by atoms with van der Waals surface area (Å²) in [6.07, 6.45) is 4.57. The number of methoxy groups -OCH3 is 2. The first-order valence-electron chi connectivity index (χ1n) is 8.67. The van der Waals surface area contributed by atoms with E-state index < -0.39 is 0 Å². The highest BCUT2D eigenvalue weighted by atomic mass is 16.5. The van der Waals surface area contributed by atoms with Gasteiger partial charge in [-0.2, -0.15) is 0 Å². The van der Waals surface area contributed by atoms with Crippen molar-refractivity contribution < 1.29 is 9.47 Å². The topological polar surface area (TPSA) is 43.4 Å². The van der Waals surface area contributed by atoms with Crippen LogP contribution in [-0.2, 0) is 13.0 Å². The molecular weight excluding hydrogens is 324 g/mol. The lowest BCUT2D eigenvalue weighted by Crippen LogP contribution is -2.23. The van der Waals surface area contributed by atoms with Crippen LogP contribution in [0.4, 0.5) is 0 Å². The molecule has 1 aromatic heterocycles. The number of ether oxygens (including phenoxy) is 2. The zero-order valence-electron chi connectivity index (χ0n) is 15.2. The molecule has 0 saturated carbocycles. The Morgan fingerprint density at radius 2 is 1.50 bits per heavy atom. The normalized spacial score (nSPS) is 11.8. The van der Waals surface area contributed by atoms with Gasteiger partial charge in [0.15, 0.2) is 0 Å². The maximum absolute atomic E-state index is 5.28. The van der Waals surface area contributed by atoms with E-state index >= 15 is 0 Å². The first kappa shape index (κ1) is 18.0. The van der Waals surface area contributed by atoms with Crippen LogP contribution >= 0.6 is 0 Å². The summed E-state index contributed by atoms with van der Waals surface area (Å²) in [6, 6.07) is 20.7. The Bertz CT molecular complexity index is 787. The fourth-order valence-electron chi connectivity index (χ4n) is 2.89. The van der Waals surface area contributed by atoms with Crippen molar-refractivity contribution in [1.82, 2.24) is 10.3 Å². The SMILES string of the molecule is COc1ccc(C[C@@H](NCc2cccnc2)c2ccc(OC)cc2)cc1. The average molecular weight is 348 g/mol. The third-order valence-electron chi connectivity index (χ3n) is 4.39. The van der Waals surface area contributed by atoms with Gasteiger partial charge in [0.2, 0.25) is 0 Å². The summed E-state index contributed by atoms with van der Waals surface area (Å²) < 4.78 is 10.5. The van der Waals surface area contributed by atoms with Gasteiger partial charge in [0.1, 0.15) is 11.5 Å². The van der Waals surface area contributed by atoms with Gasteiger partial charge in [-0.25, -0.2) is 0 Å². The summed E-state index contributed by atoms with van der Waals surface area (Å²) in [5, 5.41) is 3.65. The quantitative estimate of drug-likeness (QED) is 0.663. The van der Waals surface area contributed by atoms with E-state index in [1.165, 1.54) is 16.7 Å². The number of hydrogen-bond donors (Lipinski definition) is 1. The zero-order chi connectivity index (χ0) is 18.2. The number of hydrogen-bond acceptors (Lipinski definition) is 4. The van der Waals surface area contributed by atoms with E-state index in [0.29, 0.717) is 0 Å². The van der Waals surface area contributed by atoms with Gasteiger partial charge in [-0.1, -0.05) is 30.3 Å². The molecule has 0 spiro atoms. The minimum Gasteiger partial charge on any atom is -0.497 e. The maximum Gasteiger partial charge on any atom is 0.118 e. The molecule has 26 heavy (non-hydrogen) atoms. The molecule has 0 aliphatic carbocycles. The molecule has 3 rings (SSSR count). The van der Waals surface area contributed by atoms with Gasteiger partial charge < -0.3 is 14.8 Å². The smallest absolute Gasteiger partial charge is 0.118 e. The standard InChI is InChI=1S/C22H24N2O2/c1-25-20-9-5-17(6-10-20)14-22(19-7-11-21(26-2)12-8-19)24-16-18-4-3-13-23-15-18/h3-13,15,22,24H,14,16H2,1-2H3/t22-/m1/s1. The van der Waals surface area contributed by atoms with Gasteiger partial charge in [-0.15, -0.1) is 0 Å². The second kappa shape index (κ2) is 9.02. The van der Waals surface area contributed by atoms with Crippen LogP contribution in [-0.4, -0.2) is 19.2 Å². The zero-order valence-corrected chi connectivity index (χ0v) is 15.2. The molecule has 0 amide bonds. The molecule has 0 radical (unpaired) electrons. The van der Waals surface area contributed by atoms with Crippen molar-refractivity contribution in [3.63, 3.8) is 0 Å². The highest BCUT2D eigenvalue weighted by Crippen LogP contribution is 2.23. The van der Waals surface area contributed by atoms with E-state index in [-0.39, 0.29) is 6.04 Å². The molecule has 3 aromatic rings. The van der Waals surface area contributed by atoms with Crippen LogP contribution in [0, 0.1) is 0 Å². The molecule has 0 unspecified atom stereocenters. The van der Waals surface area contributed by atoms with Crippen molar-refractivity contribution in [2.24, 2.45) is 0 Å². The Kier molecular flexibility index (Phi) is 6.23. The Hall–Kier alpha value is -2.85. The summed E-state index contributed by atoms with van der Waals surface area (Å²) in [5.74, 6) is 1.74. The van der Waals surface area contributed by atoms with Crippen LogP contribution in [0.25, 0.3) is 0 Å². The molecule has 4 nitrogen and oxygen atoms in total. The first-order valence-corrected chi connectivity index (χ1v) is 8.67. The minimum absolute atomic E-state index is 0.189. The molecule has 0 aliphatic heterocycles. The molecule has 1 heterocycles. The molecule has 0 aliphatic rings. The van der Waals surface area contributed by atoms with E-state index in [1.54, 1.807) is 20.4 Å². The average Bonchev–Trinajstić information content (AvgIpc) is 2.72. The lowest BCUT2D eigenvalue weighted by Gasteiger charge is -2.20. The van der Waals surface area contributed by atoms with Crippen molar-refractivity contribution in [3.8, 4) is 11.5 Å². The van der Waals surface area contributed by atoms with Crippen molar-refractivity contribution in [2.45, 2.75) is 19.0 Å². The van der Waals surface area contributed by atoms with Crippen molar-refractivity contribution >= 4 is 0 Å². The van der Waals surface area contributed by atoms with Crippen LogP contribution < -0.4 is 14.8 Å². The monoisotopic (exact) mass is 348 g/mol. The molecule has 0 bridgehead atoms. The molecule has 0 fully saturated rings. The predicted molar refractivity (Wildman–Crippen MR) is 104 cm³/mol. The van der Waals surface area contributed by atoms with Crippen molar-refractivity contribution in [1.29, 1.82) is 0 Å². The fourth-order valence-corrected chi connectivity index (χ4v) is 2.89. The number of nitrogens with one attached hydrogen (secondary N) is 1. The Morgan fingerprint density at radius 3 is 2.08 bits per heavy atom. The Morgan fingerprint density at radius 1 is 0.846 bits per heavy atom. The number of aromatic nitrogens is 1.